The van der Waals surface area contributed by atoms with E-state index in [0.29, 0.717) is 30.5 Å². The Bertz CT molecular complexity index is 2260. The number of likely N-dealkylation sites (N-methyl/N-ethyl adjacent to an activating group) is 1. The Hall–Kier alpha value is -6.61. The molecule has 0 aliphatic carbocycles. The maximum absolute atomic E-state index is 15.0. The van der Waals surface area contributed by atoms with E-state index in [1.165, 1.54) is 44.9 Å². The Morgan fingerprint density at radius 2 is 1.44 bits per heavy atom. The fourth-order valence-corrected chi connectivity index (χ4v) is 9.21. The molecule has 388 valence electrons. The highest BCUT2D eigenvalue weighted by molar-refractivity contribution is 5.99. The summed E-state index contributed by atoms with van der Waals surface area (Å²) < 4.78 is 5.88. The standard InChI is InChI=1S/C50H70N8O13/c1-26(2)23-35-43(63)51-34-20-21-39(62)58(48(34)68)38(25-31-13-10-9-11-14-31)49(69)56(8)37(24-32-16-18-33(61)19-17-32)45(65)53-40(27(3)4)50(70)71-29(6)42(47(67)52-35)55-46(66)41(28(5)59)54-44(64)36-15-12-22-57(36)30(7)60/h9-11,13-14,16-19,26-29,34-42,59,61-62H,12,15,20-25H2,1-8H3,(H,51,63)(H,52,67)(H,53,65)(H,54,64)(H,55,66)/t28-,29-,34+,35+,36+,37+,38+,39-,40+,41+,42+/m1/s1. The third-order valence-electron chi connectivity index (χ3n) is 13.2. The van der Waals surface area contributed by atoms with Crippen LogP contribution in [-0.2, 0) is 60.7 Å². The van der Waals surface area contributed by atoms with Crippen molar-refractivity contribution in [1.29, 1.82) is 0 Å². The van der Waals surface area contributed by atoms with Crippen LogP contribution < -0.4 is 26.6 Å². The van der Waals surface area contributed by atoms with Crippen molar-refractivity contribution >= 4 is 53.2 Å². The molecule has 0 aromatic heterocycles. The van der Waals surface area contributed by atoms with Crippen molar-refractivity contribution in [2.24, 2.45) is 11.8 Å². The van der Waals surface area contributed by atoms with Crippen molar-refractivity contribution < 1.29 is 63.2 Å². The van der Waals surface area contributed by atoms with Crippen molar-refractivity contribution in [2.45, 2.75) is 160 Å². The predicted octanol–water partition coefficient (Wildman–Crippen LogP) is -0.223. The summed E-state index contributed by atoms with van der Waals surface area (Å²) in [6.07, 6.45) is -4.19. The van der Waals surface area contributed by atoms with Crippen LogP contribution in [0, 0.1) is 11.8 Å². The summed E-state index contributed by atoms with van der Waals surface area (Å²) >= 11 is 0. The quantitative estimate of drug-likeness (QED) is 0.128. The highest BCUT2D eigenvalue weighted by Gasteiger charge is 2.46. The van der Waals surface area contributed by atoms with Gasteiger partial charge in [-0.15, -0.1) is 0 Å². The molecule has 8 N–H and O–H groups in total. The number of aliphatic hydroxyl groups is 2. The highest BCUT2D eigenvalue weighted by atomic mass is 16.5. The first kappa shape index (κ1) is 55.3. The number of phenols is 1. The molecule has 8 amide bonds. The Labute approximate surface area is 413 Å². The number of ether oxygens (including phenoxy) is 1. The lowest BCUT2D eigenvalue weighted by molar-refractivity contribution is -0.165. The van der Waals surface area contributed by atoms with E-state index in [-0.39, 0.29) is 49.7 Å². The van der Waals surface area contributed by atoms with E-state index in [0.717, 1.165) is 9.80 Å². The molecule has 2 aromatic carbocycles. The van der Waals surface area contributed by atoms with Crippen LogP contribution in [0.3, 0.4) is 0 Å². The molecule has 0 spiro atoms. The molecule has 3 heterocycles. The molecule has 0 radical (unpaired) electrons. The summed E-state index contributed by atoms with van der Waals surface area (Å²) in [5.41, 5.74) is 1.11. The molecule has 11 atom stereocenters. The molecule has 3 aliphatic rings. The smallest absolute Gasteiger partial charge is 0.329 e. The Morgan fingerprint density at radius 1 is 0.803 bits per heavy atom. The van der Waals surface area contributed by atoms with Gasteiger partial charge < -0.3 is 61.3 Å². The fraction of sp³-hybridized carbons (Fsp3) is 0.580. The first-order valence-electron chi connectivity index (χ1n) is 24.2. The van der Waals surface area contributed by atoms with Gasteiger partial charge in [-0.3, -0.25) is 38.4 Å². The number of phenolic OH excluding ortho intramolecular Hbond substituents is 1. The van der Waals surface area contributed by atoms with Crippen molar-refractivity contribution in [3.63, 3.8) is 0 Å². The summed E-state index contributed by atoms with van der Waals surface area (Å²) in [6.45, 7) is 10.9. The zero-order chi connectivity index (χ0) is 52.4. The Balaban J connectivity index is 1.59. The minimum atomic E-state index is -1.82. The van der Waals surface area contributed by atoms with Crippen LogP contribution in [0.5, 0.6) is 5.75 Å². The molecule has 3 saturated heterocycles. The molecule has 5 rings (SSSR count). The zero-order valence-corrected chi connectivity index (χ0v) is 41.6. The van der Waals surface area contributed by atoms with Gasteiger partial charge in [-0.05, 0) is 81.0 Å². The minimum absolute atomic E-state index is 0.00381. The third-order valence-corrected chi connectivity index (χ3v) is 13.2. The van der Waals surface area contributed by atoms with Gasteiger partial charge >= 0.3 is 5.97 Å². The van der Waals surface area contributed by atoms with Crippen LogP contribution in [0.4, 0.5) is 0 Å². The van der Waals surface area contributed by atoms with E-state index >= 15 is 4.79 Å². The van der Waals surface area contributed by atoms with Gasteiger partial charge in [-0.2, -0.15) is 0 Å². The van der Waals surface area contributed by atoms with Crippen molar-refractivity contribution in [1.82, 2.24) is 41.3 Å². The third kappa shape index (κ3) is 14.1. The van der Waals surface area contributed by atoms with Crippen molar-refractivity contribution in [3.05, 3.63) is 65.7 Å². The molecule has 2 bridgehead atoms. The summed E-state index contributed by atoms with van der Waals surface area (Å²) in [5, 5.41) is 45.5. The van der Waals surface area contributed by atoms with Gasteiger partial charge in [0.15, 0.2) is 0 Å². The lowest BCUT2D eigenvalue weighted by atomic mass is 9.95. The van der Waals surface area contributed by atoms with E-state index in [1.807, 2.05) is 0 Å². The number of nitrogens with zero attached hydrogens (tertiary/aromatic N) is 3. The minimum Gasteiger partial charge on any atom is -0.508 e. The second-order valence-electron chi connectivity index (χ2n) is 19.6. The van der Waals surface area contributed by atoms with E-state index < -0.39 is 120 Å². The summed E-state index contributed by atoms with van der Waals surface area (Å²) in [5.74, 6) is -8.45. The first-order valence-corrected chi connectivity index (χ1v) is 24.2. The second kappa shape index (κ2) is 24.5. The first-order chi connectivity index (χ1) is 33.5. The number of carbonyl (C=O) groups is 9. The van der Waals surface area contributed by atoms with Crippen LogP contribution in [0.2, 0.25) is 0 Å². The summed E-state index contributed by atoms with van der Waals surface area (Å²) in [4.78, 5) is 131. The lowest BCUT2D eigenvalue weighted by Crippen LogP contribution is -2.65. The summed E-state index contributed by atoms with van der Waals surface area (Å²) in [7, 11) is 1.36. The monoisotopic (exact) mass is 991 g/mol. The predicted molar refractivity (Wildman–Crippen MR) is 256 cm³/mol. The highest BCUT2D eigenvalue weighted by Crippen LogP contribution is 2.26. The van der Waals surface area contributed by atoms with E-state index in [9.17, 15) is 53.7 Å². The molecule has 3 aliphatic heterocycles. The van der Waals surface area contributed by atoms with Gasteiger partial charge in [0, 0.05) is 33.4 Å². The number of aliphatic hydroxyl groups excluding tert-OH is 2. The average Bonchev–Trinajstić information content (AvgIpc) is 3.82. The number of amides is 8. The number of aromatic hydroxyl groups is 1. The number of esters is 1. The van der Waals surface area contributed by atoms with Gasteiger partial charge in [-0.25, -0.2) is 4.79 Å². The molecule has 2 aromatic rings. The van der Waals surface area contributed by atoms with Gasteiger partial charge in [0.2, 0.25) is 47.3 Å². The Morgan fingerprint density at radius 3 is 2.04 bits per heavy atom. The van der Waals surface area contributed by atoms with Crippen molar-refractivity contribution in [3.8, 4) is 5.75 Å². The van der Waals surface area contributed by atoms with Gasteiger partial charge in [0.05, 0.1) is 6.10 Å². The average molecular weight is 991 g/mol. The SMILES string of the molecule is CC(=O)N1CCC[C@H]1C(=O)N[C@H](C(=O)N[C@@H]1C(=O)N[C@@H](CC(C)C)C(=O)N[C@H]2CC[C@@H](O)N(C2=O)[C@@H](Cc2ccccc2)C(=O)N(C)[C@@H](Cc2ccc(O)cc2)C(=O)N[C@@H](C(C)C)C(=O)O[C@@H]1C)[C@@H](C)O. The molecule has 21 nitrogen and oxygen atoms in total. The molecule has 71 heavy (non-hydrogen) atoms. The van der Waals surface area contributed by atoms with Gasteiger partial charge in [0.1, 0.15) is 66.4 Å². The molecule has 0 unspecified atom stereocenters. The molecule has 0 saturated carbocycles. The van der Waals surface area contributed by atoms with E-state index in [2.05, 4.69) is 26.6 Å². The number of cyclic esters (lactones) is 1. The van der Waals surface area contributed by atoms with Crippen LogP contribution in [0.1, 0.15) is 91.7 Å². The van der Waals surface area contributed by atoms with Gasteiger partial charge in [-0.1, -0.05) is 70.2 Å². The number of rotatable bonds is 12. The topological polar surface area (TPSA) is 293 Å². The molecular weight excluding hydrogens is 921 g/mol. The zero-order valence-electron chi connectivity index (χ0n) is 41.6. The largest absolute Gasteiger partial charge is 0.508 e. The number of carbonyl (C=O) groups excluding carboxylic acids is 9. The number of hydrogen-bond donors (Lipinski definition) is 8. The van der Waals surface area contributed by atoms with Crippen LogP contribution in [0.15, 0.2) is 54.6 Å². The van der Waals surface area contributed by atoms with Crippen molar-refractivity contribution in [2.75, 3.05) is 13.6 Å². The number of likely N-dealkylation sites (tertiary alicyclic amines) is 1. The Kier molecular flexibility index (Phi) is 19.1. The van der Waals surface area contributed by atoms with Crippen LogP contribution in [0.25, 0.3) is 0 Å². The number of hydrogen-bond acceptors (Lipinski definition) is 13. The number of piperidine rings is 1. The maximum atomic E-state index is 15.0. The number of benzene rings is 2. The molecule has 21 heteroatoms. The van der Waals surface area contributed by atoms with E-state index in [1.54, 1.807) is 70.2 Å². The second-order valence-corrected chi connectivity index (χ2v) is 19.6. The molecule has 3 fully saturated rings. The molecular formula is C50H70N8O13. The van der Waals surface area contributed by atoms with Crippen LogP contribution in [-0.4, -0.2) is 164 Å². The summed E-state index contributed by atoms with van der Waals surface area (Å²) in [6, 6.07) is 3.24. The van der Waals surface area contributed by atoms with Gasteiger partial charge in [0.25, 0.3) is 0 Å². The number of nitrogens with one attached hydrogen (secondary N) is 5. The lowest BCUT2D eigenvalue weighted by Gasteiger charge is -2.43. The van der Waals surface area contributed by atoms with E-state index in [4.69, 9.17) is 4.74 Å². The maximum Gasteiger partial charge on any atom is 0.329 e. The number of fused-ring (bicyclic) bond motifs is 2. The van der Waals surface area contributed by atoms with Crippen LogP contribution >= 0.6 is 0 Å². The fourth-order valence-electron chi connectivity index (χ4n) is 9.21. The normalized spacial score (nSPS) is 27.1.